The Labute approximate surface area is 168 Å². The third-order valence-electron chi connectivity index (χ3n) is 4.36. The molecule has 3 aromatic rings. The van der Waals surface area contributed by atoms with Crippen LogP contribution in [0.4, 0.5) is 13.2 Å². The van der Waals surface area contributed by atoms with Crippen molar-refractivity contribution in [2.24, 2.45) is 0 Å². The van der Waals surface area contributed by atoms with Crippen molar-refractivity contribution >= 4 is 17.2 Å². The quantitative estimate of drug-likeness (QED) is 0.607. The Hall–Kier alpha value is -3.07. The molecule has 5 nitrogen and oxygen atoms in total. The van der Waals surface area contributed by atoms with Gasteiger partial charge in [0, 0.05) is 24.5 Å². The summed E-state index contributed by atoms with van der Waals surface area (Å²) in [6, 6.07) is 10.3. The van der Waals surface area contributed by atoms with Crippen LogP contribution in [0.15, 0.2) is 47.8 Å². The summed E-state index contributed by atoms with van der Waals surface area (Å²) in [5, 5.41) is 1.91. The third-order valence-corrected chi connectivity index (χ3v) is 5.25. The number of thiazole rings is 1. The number of aromatic nitrogens is 1. The van der Waals surface area contributed by atoms with Crippen molar-refractivity contribution in [3.63, 3.8) is 0 Å². The summed E-state index contributed by atoms with van der Waals surface area (Å²) in [4.78, 5) is 18.4. The normalized spacial score (nSPS) is 12.8. The van der Waals surface area contributed by atoms with Crippen LogP contribution in [0, 0.1) is 0 Å². The Morgan fingerprint density at radius 2 is 1.97 bits per heavy atom. The number of halogens is 3. The van der Waals surface area contributed by atoms with Crippen molar-refractivity contribution < 1.29 is 27.4 Å². The number of hydrogen-bond donors (Lipinski definition) is 0. The average molecular weight is 420 g/mol. The largest absolute Gasteiger partial charge is 0.454 e. The second-order valence-corrected chi connectivity index (χ2v) is 7.32. The number of carbonyl (C=O) groups excluding carboxylic acids is 1. The Bertz CT molecular complexity index is 1070. The van der Waals surface area contributed by atoms with Gasteiger partial charge in [-0.2, -0.15) is 13.2 Å². The minimum atomic E-state index is -4.43. The third kappa shape index (κ3) is 4.04. The number of carbonyl (C=O) groups is 1. The lowest BCUT2D eigenvalue weighted by atomic mass is 10.1. The summed E-state index contributed by atoms with van der Waals surface area (Å²) in [7, 11) is 1.64. The lowest BCUT2D eigenvalue weighted by Gasteiger charge is -2.16. The van der Waals surface area contributed by atoms with Crippen molar-refractivity contribution in [3.05, 3.63) is 64.7 Å². The van der Waals surface area contributed by atoms with E-state index >= 15 is 0 Å². The maximum atomic E-state index is 12.9. The summed E-state index contributed by atoms with van der Waals surface area (Å²) >= 11 is 1.13. The van der Waals surface area contributed by atoms with E-state index in [0.717, 1.165) is 29.0 Å². The highest BCUT2D eigenvalue weighted by molar-refractivity contribution is 7.13. The minimum Gasteiger partial charge on any atom is -0.454 e. The molecule has 0 saturated carbocycles. The van der Waals surface area contributed by atoms with Crippen LogP contribution in [0.2, 0.25) is 0 Å². The van der Waals surface area contributed by atoms with Gasteiger partial charge >= 0.3 is 6.18 Å². The zero-order chi connectivity index (χ0) is 20.6. The summed E-state index contributed by atoms with van der Waals surface area (Å²) in [5.74, 6) is 0.967. The molecule has 0 saturated heterocycles. The van der Waals surface area contributed by atoms with Crippen molar-refractivity contribution in [1.29, 1.82) is 0 Å². The highest BCUT2D eigenvalue weighted by Gasteiger charge is 2.30. The lowest BCUT2D eigenvalue weighted by molar-refractivity contribution is -0.137. The van der Waals surface area contributed by atoms with E-state index in [0.29, 0.717) is 28.6 Å². The molecule has 1 amide bonds. The molecular weight excluding hydrogens is 405 g/mol. The van der Waals surface area contributed by atoms with E-state index in [1.165, 1.54) is 11.0 Å². The lowest BCUT2D eigenvalue weighted by Crippen LogP contribution is -2.26. The van der Waals surface area contributed by atoms with Gasteiger partial charge in [-0.15, -0.1) is 11.3 Å². The number of ether oxygens (including phenoxy) is 2. The van der Waals surface area contributed by atoms with Gasteiger partial charge in [-0.25, -0.2) is 4.98 Å². The summed E-state index contributed by atoms with van der Waals surface area (Å²) in [5.41, 5.74) is 0.615. The molecule has 9 heteroatoms. The maximum absolute atomic E-state index is 12.9. The van der Waals surface area contributed by atoms with E-state index in [2.05, 4.69) is 4.98 Å². The molecule has 1 aromatic heterocycles. The molecule has 4 rings (SSSR count). The first kappa shape index (κ1) is 19.3. The number of alkyl halides is 3. The second-order valence-electron chi connectivity index (χ2n) is 6.47. The van der Waals surface area contributed by atoms with Gasteiger partial charge in [-0.1, -0.05) is 18.2 Å². The van der Waals surface area contributed by atoms with Crippen molar-refractivity contribution in [1.82, 2.24) is 9.88 Å². The fourth-order valence-corrected chi connectivity index (χ4v) is 3.70. The first-order valence-electron chi connectivity index (χ1n) is 8.58. The highest BCUT2D eigenvalue weighted by Crippen LogP contribution is 2.34. The molecule has 1 aliphatic heterocycles. The molecule has 29 heavy (non-hydrogen) atoms. The van der Waals surface area contributed by atoms with Gasteiger partial charge in [-0.3, -0.25) is 4.79 Å². The first-order valence-corrected chi connectivity index (χ1v) is 9.46. The smallest absolute Gasteiger partial charge is 0.416 e. The van der Waals surface area contributed by atoms with E-state index in [-0.39, 0.29) is 18.4 Å². The van der Waals surface area contributed by atoms with E-state index in [1.807, 2.05) is 6.07 Å². The van der Waals surface area contributed by atoms with E-state index in [1.54, 1.807) is 30.6 Å². The monoisotopic (exact) mass is 420 g/mol. The van der Waals surface area contributed by atoms with Gasteiger partial charge in [-0.05, 0) is 29.8 Å². The number of amides is 1. The van der Waals surface area contributed by atoms with E-state index < -0.39 is 11.7 Å². The van der Waals surface area contributed by atoms with Gasteiger partial charge in [0.1, 0.15) is 10.7 Å². The summed E-state index contributed by atoms with van der Waals surface area (Å²) < 4.78 is 49.4. The van der Waals surface area contributed by atoms with Crippen LogP contribution in [-0.4, -0.2) is 29.6 Å². The average Bonchev–Trinajstić information content (AvgIpc) is 3.36. The van der Waals surface area contributed by atoms with Crippen LogP contribution in [-0.2, 0) is 12.7 Å². The molecule has 150 valence electrons. The molecule has 2 aromatic carbocycles. The van der Waals surface area contributed by atoms with Gasteiger partial charge < -0.3 is 14.4 Å². The zero-order valence-corrected chi connectivity index (χ0v) is 16.0. The molecule has 0 atom stereocenters. The van der Waals surface area contributed by atoms with Crippen LogP contribution in [0.1, 0.15) is 21.6 Å². The summed E-state index contributed by atoms with van der Waals surface area (Å²) in [6.45, 7) is 0.497. The molecule has 0 radical (unpaired) electrons. The van der Waals surface area contributed by atoms with Gasteiger partial charge in [0.15, 0.2) is 11.5 Å². The number of hydrogen-bond acceptors (Lipinski definition) is 5. The molecule has 0 unspecified atom stereocenters. The predicted molar refractivity (Wildman–Crippen MR) is 101 cm³/mol. The first-order chi connectivity index (χ1) is 13.8. The Morgan fingerprint density at radius 1 is 1.17 bits per heavy atom. The molecule has 2 heterocycles. The van der Waals surface area contributed by atoms with Crippen LogP contribution < -0.4 is 9.47 Å². The number of rotatable bonds is 4. The van der Waals surface area contributed by atoms with Gasteiger partial charge in [0.2, 0.25) is 6.79 Å². The number of fused-ring (bicyclic) bond motifs is 1. The van der Waals surface area contributed by atoms with Crippen LogP contribution in [0.3, 0.4) is 0 Å². The van der Waals surface area contributed by atoms with Crippen LogP contribution in [0.5, 0.6) is 11.5 Å². The SMILES string of the molecule is CN(Cc1ccc2c(c1)OCO2)C(=O)c1csc(-c2cccc(C(F)(F)F)c2)n1. The predicted octanol–water partition coefficient (Wildman–Crippen LogP) is 4.83. The van der Waals surface area contributed by atoms with E-state index in [9.17, 15) is 18.0 Å². The van der Waals surface area contributed by atoms with Gasteiger partial charge in [0.05, 0.1) is 5.56 Å². The van der Waals surface area contributed by atoms with E-state index in [4.69, 9.17) is 9.47 Å². The molecule has 0 N–H and O–H groups in total. The van der Waals surface area contributed by atoms with Crippen molar-refractivity contribution in [2.75, 3.05) is 13.8 Å². The second kappa shape index (κ2) is 7.40. The van der Waals surface area contributed by atoms with Gasteiger partial charge in [0.25, 0.3) is 5.91 Å². The fraction of sp³-hybridized carbons (Fsp3) is 0.200. The molecule has 0 bridgehead atoms. The number of benzene rings is 2. The van der Waals surface area contributed by atoms with Crippen LogP contribution in [0.25, 0.3) is 10.6 Å². The molecular formula is C20H15F3N2O3S. The van der Waals surface area contributed by atoms with Crippen LogP contribution >= 0.6 is 11.3 Å². The van der Waals surface area contributed by atoms with Crippen molar-refractivity contribution in [3.8, 4) is 22.1 Å². The molecule has 0 spiro atoms. The standard InChI is InChI=1S/C20H15F3N2O3S/c1-25(9-12-5-6-16-17(7-12)28-11-27-16)19(26)15-10-29-18(24-15)13-3-2-4-14(8-13)20(21,22)23/h2-8,10H,9,11H2,1H3. The molecule has 0 fully saturated rings. The summed E-state index contributed by atoms with van der Waals surface area (Å²) in [6.07, 6.45) is -4.43. The zero-order valence-electron chi connectivity index (χ0n) is 15.2. The Morgan fingerprint density at radius 3 is 2.76 bits per heavy atom. The maximum Gasteiger partial charge on any atom is 0.416 e. The Balaban J connectivity index is 1.49. The molecule has 1 aliphatic rings. The highest BCUT2D eigenvalue weighted by atomic mass is 32.1. The molecule has 0 aliphatic carbocycles. The minimum absolute atomic E-state index is 0.171. The van der Waals surface area contributed by atoms with Crippen molar-refractivity contribution in [2.45, 2.75) is 12.7 Å². The Kier molecular flexibility index (Phi) is 4.91. The number of nitrogens with zero attached hydrogens (tertiary/aromatic N) is 2. The topological polar surface area (TPSA) is 51.7 Å². The fourth-order valence-electron chi connectivity index (χ4n) is 2.91.